The molecule has 2 aromatic rings. The van der Waals surface area contributed by atoms with E-state index in [0.29, 0.717) is 13.2 Å². The molecule has 0 amide bonds. The average Bonchev–Trinajstić information content (AvgIpc) is 2.73. The van der Waals surface area contributed by atoms with Gasteiger partial charge in [0.1, 0.15) is 12.4 Å². The number of methoxy groups -OCH3 is 1. The first kappa shape index (κ1) is 23.0. The second kappa shape index (κ2) is 11.6. The molecule has 4 nitrogen and oxygen atoms in total. The molecule has 1 aliphatic heterocycles. The van der Waals surface area contributed by atoms with E-state index in [4.69, 9.17) is 9.47 Å². The topological polar surface area (TPSA) is 38.8 Å². The van der Waals surface area contributed by atoms with Crippen molar-refractivity contribution < 1.29 is 14.3 Å². The van der Waals surface area contributed by atoms with Crippen molar-refractivity contribution >= 4 is 5.97 Å². The van der Waals surface area contributed by atoms with Crippen LogP contribution in [-0.2, 0) is 29.1 Å². The summed E-state index contributed by atoms with van der Waals surface area (Å²) in [5.74, 6) is 1.61. The normalized spacial score (nSPS) is 13.3. The van der Waals surface area contributed by atoms with Crippen LogP contribution in [0, 0.1) is 12.8 Å². The van der Waals surface area contributed by atoms with Crippen LogP contribution < -0.4 is 4.74 Å². The monoisotopic (exact) mass is 397 g/mol. The molecule has 2 aromatic carbocycles. The van der Waals surface area contributed by atoms with Gasteiger partial charge in [-0.25, -0.2) is 0 Å². The number of benzene rings is 2. The Labute approximate surface area is 175 Å². The minimum Gasteiger partial charge on any atom is -0.496 e. The van der Waals surface area contributed by atoms with Gasteiger partial charge in [0.15, 0.2) is 0 Å². The predicted molar refractivity (Wildman–Crippen MR) is 118 cm³/mol. The molecule has 0 fully saturated rings. The van der Waals surface area contributed by atoms with Gasteiger partial charge in [0.25, 0.3) is 0 Å². The van der Waals surface area contributed by atoms with Crippen molar-refractivity contribution in [2.24, 2.45) is 5.92 Å². The summed E-state index contributed by atoms with van der Waals surface area (Å²) in [4.78, 5) is 14.2. The van der Waals surface area contributed by atoms with Crippen LogP contribution in [0.1, 0.15) is 49.4 Å². The molecule has 0 radical (unpaired) electrons. The Balaban J connectivity index is 0.000000537. The van der Waals surface area contributed by atoms with E-state index in [1.54, 1.807) is 7.11 Å². The van der Waals surface area contributed by atoms with Gasteiger partial charge in [-0.1, -0.05) is 63.6 Å². The van der Waals surface area contributed by atoms with Crippen molar-refractivity contribution in [3.8, 4) is 5.75 Å². The Morgan fingerprint density at radius 3 is 2.45 bits per heavy atom. The Hall–Kier alpha value is -2.33. The second-order valence-corrected chi connectivity index (χ2v) is 8.00. The molecule has 29 heavy (non-hydrogen) atoms. The average molecular weight is 398 g/mol. The SMILES string of the molecule is CCC(C)C.COc1cc2c(cc1C)CCN(CC(=O)OCc1ccccc1)C2. The summed E-state index contributed by atoms with van der Waals surface area (Å²) in [5, 5.41) is 0. The van der Waals surface area contributed by atoms with Gasteiger partial charge in [-0.3, -0.25) is 9.69 Å². The van der Waals surface area contributed by atoms with Crippen LogP contribution in [0.5, 0.6) is 5.75 Å². The molecule has 0 atom stereocenters. The molecule has 0 unspecified atom stereocenters. The van der Waals surface area contributed by atoms with Gasteiger partial charge in [-0.2, -0.15) is 0 Å². The molecule has 0 saturated carbocycles. The summed E-state index contributed by atoms with van der Waals surface area (Å²) in [6, 6.07) is 14.0. The number of carbonyl (C=O) groups excluding carboxylic acids is 1. The van der Waals surface area contributed by atoms with Gasteiger partial charge >= 0.3 is 5.97 Å². The largest absolute Gasteiger partial charge is 0.496 e. The first-order valence-corrected chi connectivity index (χ1v) is 10.5. The highest BCUT2D eigenvalue weighted by Gasteiger charge is 2.20. The molecule has 0 spiro atoms. The lowest BCUT2D eigenvalue weighted by atomic mass is 9.97. The van der Waals surface area contributed by atoms with Crippen molar-refractivity contribution in [3.63, 3.8) is 0 Å². The van der Waals surface area contributed by atoms with Crippen molar-refractivity contribution in [1.82, 2.24) is 4.90 Å². The fraction of sp³-hybridized carbons (Fsp3) is 0.480. The van der Waals surface area contributed by atoms with Crippen molar-refractivity contribution in [3.05, 3.63) is 64.7 Å². The zero-order valence-corrected chi connectivity index (χ0v) is 18.5. The second-order valence-electron chi connectivity index (χ2n) is 8.00. The molecule has 0 N–H and O–H groups in total. The Kier molecular flexibility index (Phi) is 9.20. The third-order valence-corrected chi connectivity index (χ3v) is 5.22. The van der Waals surface area contributed by atoms with Crippen molar-refractivity contribution in [2.75, 3.05) is 20.2 Å². The summed E-state index contributed by atoms with van der Waals surface area (Å²) >= 11 is 0. The van der Waals surface area contributed by atoms with Crippen LogP contribution in [0.2, 0.25) is 0 Å². The van der Waals surface area contributed by atoms with Gasteiger partial charge in [0.2, 0.25) is 0 Å². The highest BCUT2D eigenvalue weighted by Crippen LogP contribution is 2.27. The highest BCUT2D eigenvalue weighted by atomic mass is 16.5. The van der Waals surface area contributed by atoms with E-state index in [0.717, 1.165) is 42.3 Å². The molecule has 0 aromatic heterocycles. The lowest BCUT2D eigenvalue weighted by Crippen LogP contribution is -2.35. The summed E-state index contributed by atoms with van der Waals surface area (Å²) in [6.07, 6.45) is 2.26. The van der Waals surface area contributed by atoms with E-state index in [9.17, 15) is 4.79 Å². The van der Waals surface area contributed by atoms with E-state index in [2.05, 4.69) is 44.7 Å². The summed E-state index contributed by atoms with van der Waals surface area (Å²) in [7, 11) is 1.69. The number of fused-ring (bicyclic) bond motifs is 1. The predicted octanol–water partition coefficient (Wildman–Crippen LogP) is 5.16. The molecule has 0 saturated heterocycles. The fourth-order valence-corrected chi connectivity index (χ4v) is 3.09. The maximum absolute atomic E-state index is 12.1. The molecule has 4 heteroatoms. The van der Waals surface area contributed by atoms with E-state index in [-0.39, 0.29) is 5.97 Å². The van der Waals surface area contributed by atoms with Gasteiger partial charge in [-0.05, 0) is 47.6 Å². The van der Waals surface area contributed by atoms with E-state index >= 15 is 0 Å². The zero-order chi connectivity index (χ0) is 21.2. The molecule has 0 aliphatic carbocycles. The Morgan fingerprint density at radius 1 is 1.14 bits per heavy atom. The summed E-state index contributed by atoms with van der Waals surface area (Å²) in [6.45, 7) is 11.0. The summed E-state index contributed by atoms with van der Waals surface area (Å²) < 4.78 is 10.8. The van der Waals surface area contributed by atoms with Crippen LogP contribution in [-0.4, -0.2) is 31.1 Å². The van der Waals surface area contributed by atoms with Crippen LogP contribution >= 0.6 is 0 Å². The molecule has 158 valence electrons. The van der Waals surface area contributed by atoms with Crippen molar-refractivity contribution in [1.29, 1.82) is 0 Å². The molecular weight excluding hydrogens is 362 g/mol. The molecule has 0 bridgehead atoms. The quantitative estimate of drug-likeness (QED) is 0.631. The van der Waals surface area contributed by atoms with Crippen LogP contribution in [0.15, 0.2) is 42.5 Å². The van der Waals surface area contributed by atoms with E-state index in [1.165, 1.54) is 17.5 Å². The number of nitrogens with zero attached hydrogens (tertiary/aromatic N) is 1. The number of aryl methyl sites for hydroxylation is 1. The van der Waals surface area contributed by atoms with Crippen molar-refractivity contribution in [2.45, 2.75) is 53.7 Å². The van der Waals surface area contributed by atoms with Crippen LogP contribution in [0.25, 0.3) is 0 Å². The number of esters is 1. The minimum absolute atomic E-state index is 0.179. The lowest BCUT2D eigenvalue weighted by Gasteiger charge is -2.28. The number of ether oxygens (including phenoxy) is 2. The third-order valence-electron chi connectivity index (χ3n) is 5.22. The maximum atomic E-state index is 12.1. The van der Waals surface area contributed by atoms with Gasteiger partial charge < -0.3 is 9.47 Å². The highest BCUT2D eigenvalue weighted by molar-refractivity contribution is 5.71. The van der Waals surface area contributed by atoms with E-state index in [1.807, 2.05) is 30.3 Å². The molecule has 1 aliphatic rings. The van der Waals surface area contributed by atoms with Gasteiger partial charge in [-0.15, -0.1) is 0 Å². The number of carbonyl (C=O) groups is 1. The number of hydrogen-bond acceptors (Lipinski definition) is 4. The van der Waals surface area contributed by atoms with Gasteiger partial charge in [0.05, 0.1) is 13.7 Å². The van der Waals surface area contributed by atoms with Crippen LogP contribution in [0.3, 0.4) is 0 Å². The minimum atomic E-state index is -0.179. The maximum Gasteiger partial charge on any atom is 0.320 e. The third kappa shape index (κ3) is 7.54. The standard InChI is InChI=1S/C20H23NO3.C5H12/c1-15-10-17-8-9-21(12-18(17)11-19(15)23-2)13-20(22)24-14-16-6-4-3-5-7-16;1-4-5(2)3/h3-7,10-11H,8-9,12-14H2,1-2H3;5H,4H2,1-3H3. The van der Waals surface area contributed by atoms with Gasteiger partial charge in [0, 0.05) is 13.1 Å². The first-order chi connectivity index (χ1) is 13.9. The van der Waals surface area contributed by atoms with Crippen LogP contribution in [0.4, 0.5) is 0 Å². The fourth-order valence-electron chi connectivity index (χ4n) is 3.09. The Morgan fingerprint density at radius 2 is 1.83 bits per heavy atom. The zero-order valence-electron chi connectivity index (χ0n) is 18.5. The van der Waals surface area contributed by atoms with E-state index < -0.39 is 0 Å². The number of rotatable bonds is 6. The lowest BCUT2D eigenvalue weighted by molar-refractivity contribution is -0.146. The smallest absolute Gasteiger partial charge is 0.320 e. The Bertz CT molecular complexity index is 771. The summed E-state index contributed by atoms with van der Waals surface area (Å²) in [5.41, 5.74) is 4.75. The molecule has 3 rings (SSSR count). The number of hydrogen-bond donors (Lipinski definition) is 0. The molecule has 1 heterocycles. The first-order valence-electron chi connectivity index (χ1n) is 10.5. The molecular formula is C25H35NO3.